The van der Waals surface area contributed by atoms with Crippen LogP contribution in [0, 0.1) is 0 Å². The van der Waals surface area contributed by atoms with E-state index in [2.05, 4.69) is 22.0 Å². The van der Waals surface area contributed by atoms with Gasteiger partial charge in [0.25, 0.3) is 0 Å². The van der Waals surface area contributed by atoms with Crippen LogP contribution in [0.3, 0.4) is 0 Å². The lowest BCUT2D eigenvalue weighted by Gasteiger charge is -2.21. The van der Waals surface area contributed by atoms with E-state index in [-0.39, 0.29) is 6.61 Å². The number of rotatable bonds is 5. The summed E-state index contributed by atoms with van der Waals surface area (Å²) in [6.07, 6.45) is 2.45. The molecular formula is C15H19N3O. The van der Waals surface area contributed by atoms with Gasteiger partial charge in [-0.2, -0.15) is 0 Å². The quantitative estimate of drug-likeness (QED) is 0.857. The molecule has 1 fully saturated rings. The largest absolute Gasteiger partial charge is 0.395 e. The van der Waals surface area contributed by atoms with Gasteiger partial charge in [-0.25, -0.2) is 4.98 Å². The monoisotopic (exact) mass is 257 g/mol. The van der Waals surface area contributed by atoms with E-state index in [0.717, 1.165) is 23.0 Å². The van der Waals surface area contributed by atoms with Gasteiger partial charge in [0.15, 0.2) is 0 Å². The topological polar surface area (TPSA) is 62.4 Å². The number of hydrogen-bond donors (Lipinski definition) is 2. The highest BCUT2D eigenvalue weighted by molar-refractivity contribution is 5.81. The lowest BCUT2D eigenvalue weighted by Crippen LogP contribution is -2.29. The molecule has 2 aromatic rings. The van der Waals surface area contributed by atoms with E-state index < -0.39 is 0 Å². The number of anilines is 1. The minimum atomic E-state index is 0.192. The highest BCUT2D eigenvalue weighted by Crippen LogP contribution is 2.29. The van der Waals surface area contributed by atoms with Crippen molar-refractivity contribution < 1.29 is 5.11 Å². The molecule has 19 heavy (non-hydrogen) atoms. The van der Waals surface area contributed by atoms with Gasteiger partial charge in [0, 0.05) is 30.1 Å². The molecule has 4 nitrogen and oxygen atoms in total. The van der Waals surface area contributed by atoms with Gasteiger partial charge in [-0.15, -0.1) is 0 Å². The van der Waals surface area contributed by atoms with Crippen LogP contribution in [0.5, 0.6) is 0 Å². The molecule has 1 aliphatic carbocycles. The fraction of sp³-hybridized carbons (Fsp3) is 0.400. The average molecular weight is 257 g/mol. The van der Waals surface area contributed by atoms with Crippen molar-refractivity contribution in [2.24, 2.45) is 0 Å². The molecule has 0 atom stereocenters. The molecule has 0 spiro atoms. The Morgan fingerprint density at radius 3 is 2.84 bits per heavy atom. The second-order valence-electron chi connectivity index (χ2n) is 5.15. The van der Waals surface area contributed by atoms with Crippen LogP contribution in [0.4, 0.5) is 5.82 Å². The van der Waals surface area contributed by atoms with Crippen LogP contribution in [-0.4, -0.2) is 34.2 Å². The lowest BCUT2D eigenvalue weighted by molar-refractivity contribution is 0.183. The highest BCUT2D eigenvalue weighted by atomic mass is 16.3. The van der Waals surface area contributed by atoms with Crippen molar-refractivity contribution >= 4 is 16.7 Å². The maximum atomic E-state index is 9.14. The summed E-state index contributed by atoms with van der Waals surface area (Å²) in [6.45, 7) is 1.67. The van der Waals surface area contributed by atoms with Crippen molar-refractivity contribution in [2.45, 2.75) is 25.4 Å². The van der Waals surface area contributed by atoms with Gasteiger partial charge in [0.05, 0.1) is 12.1 Å². The average Bonchev–Trinajstić information content (AvgIpc) is 3.23. The number of aromatic nitrogens is 1. The molecule has 0 aliphatic heterocycles. The number of hydrogen-bond acceptors (Lipinski definition) is 4. The molecule has 1 aromatic carbocycles. The van der Waals surface area contributed by atoms with Crippen LogP contribution in [0.2, 0.25) is 0 Å². The molecule has 100 valence electrons. The Morgan fingerprint density at radius 2 is 2.11 bits per heavy atom. The molecule has 1 heterocycles. The normalized spacial score (nSPS) is 15.3. The fourth-order valence-corrected chi connectivity index (χ4v) is 2.48. The van der Waals surface area contributed by atoms with E-state index in [9.17, 15) is 0 Å². The molecule has 1 aliphatic rings. The standard InChI is InChI=1S/C15H19N3O/c16-15-12(10-18(7-8-19)13-5-6-13)9-11-3-1-2-4-14(11)17-15/h1-4,9,13,19H,5-8,10H2,(H2,16,17). The third-order valence-electron chi connectivity index (χ3n) is 3.66. The van der Waals surface area contributed by atoms with Crippen LogP contribution in [0.25, 0.3) is 10.9 Å². The zero-order valence-electron chi connectivity index (χ0n) is 10.9. The molecule has 0 saturated heterocycles. The summed E-state index contributed by atoms with van der Waals surface area (Å²) in [5.74, 6) is 0.599. The Balaban J connectivity index is 1.88. The zero-order chi connectivity index (χ0) is 13.2. The molecule has 0 amide bonds. The Bertz CT molecular complexity index is 581. The van der Waals surface area contributed by atoms with Crippen LogP contribution in [0.15, 0.2) is 30.3 Å². The van der Waals surface area contributed by atoms with Gasteiger partial charge in [-0.05, 0) is 25.0 Å². The second kappa shape index (κ2) is 5.15. The van der Waals surface area contributed by atoms with Gasteiger partial charge < -0.3 is 10.8 Å². The number of nitrogens with two attached hydrogens (primary N) is 1. The molecular weight excluding hydrogens is 238 g/mol. The SMILES string of the molecule is Nc1nc2ccccc2cc1CN(CCO)C1CC1. The van der Waals surface area contributed by atoms with E-state index in [4.69, 9.17) is 10.8 Å². The molecule has 4 heteroatoms. The highest BCUT2D eigenvalue weighted by Gasteiger charge is 2.28. The molecule has 0 bridgehead atoms. The van der Waals surface area contributed by atoms with E-state index in [1.54, 1.807) is 0 Å². The van der Waals surface area contributed by atoms with E-state index in [1.165, 1.54) is 12.8 Å². The maximum absolute atomic E-state index is 9.14. The van der Waals surface area contributed by atoms with Crippen LogP contribution < -0.4 is 5.73 Å². The molecule has 3 N–H and O–H groups in total. The van der Waals surface area contributed by atoms with E-state index >= 15 is 0 Å². The summed E-state index contributed by atoms with van der Waals surface area (Å²) in [5.41, 5.74) is 8.04. The third kappa shape index (κ3) is 2.69. The number of fused-ring (bicyclic) bond motifs is 1. The van der Waals surface area contributed by atoms with Gasteiger partial charge in [-0.1, -0.05) is 18.2 Å². The number of para-hydroxylation sites is 1. The summed E-state index contributed by atoms with van der Waals surface area (Å²) in [6, 6.07) is 10.7. The van der Waals surface area contributed by atoms with Crippen LogP contribution in [0.1, 0.15) is 18.4 Å². The summed E-state index contributed by atoms with van der Waals surface area (Å²) in [4.78, 5) is 6.75. The molecule has 0 unspecified atom stereocenters. The lowest BCUT2D eigenvalue weighted by atomic mass is 10.1. The first-order chi connectivity index (χ1) is 9.28. The minimum absolute atomic E-state index is 0.192. The first-order valence-corrected chi connectivity index (χ1v) is 6.77. The number of aliphatic hydroxyl groups is 1. The molecule has 0 radical (unpaired) electrons. The van der Waals surface area contributed by atoms with Crippen LogP contribution >= 0.6 is 0 Å². The minimum Gasteiger partial charge on any atom is -0.395 e. The smallest absolute Gasteiger partial charge is 0.128 e. The molecule has 1 saturated carbocycles. The van der Waals surface area contributed by atoms with E-state index in [0.29, 0.717) is 18.4 Å². The third-order valence-corrected chi connectivity index (χ3v) is 3.66. The summed E-state index contributed by atoms with van der Waals surface area (Å²) in [5, 5.41) is 10.3. The number of benzene rings is 1. The number of pyridine rings is 1. The number of aliphatic hydroxyl groups excluding tert-OH is 1. The predicted molar refractivity (Wildman–Crippen MR) is 76.7 cm³/mol. The molecule has 1 aromatic heterocycles. The number of nitrogen functional groups attached to an aromatic ring is 1. The Kier molecular flexibility index (Phi) is 3.36. The van der Waals surface area contributed by atoms with Gasteiger partial charge >= 0.3 is 0 Å². The Hall–Kier alpha value is -1.65. The van der Waals surface area contributed by atoms with Crippen molar-refractivity contribution in [2.75, 3.05) is 18.9 Å². The summed E-state index contributed by atoms with van der Waals surface area (Å²) in [7, 11) is 0. The first-order valence-electron chi connectivity index (χ1n) is 6.77. The van der Waals surface area contributed by atoms with Crippen molar-refractivity contribution in [1.82, 2.24) is 9.88 Å². The Morgan fingerprint density at radius 1 is 1.32 bits per heavy atom. The van der Waals surface area contributed by atoms with E-state index in [1.807, 2.05) is 18.2 Å². The summed E-state index contributed by atoms with van der Waals surface area (Å²) < 4.78 is 0. The number of nitrogens with zero attached hydrogens (tertiary/aromatic N) is 2. The van der Waals surface area contributed by atoms with Crippen molar-refractivity contribution in [1.29, 1.82) is 0 Å². The Labute approximate surface area is 112 Å². The fourth-order valence-electron chi connectivity index (χ4n) is 2.48. The van der Waals surface area contributed by atoms with Gasteiger partial charge in [0.1, 0.15) is 5.82 Å². The van der Waals surface area contributed by atoms with Crippen molar-refractivity contribution in [3.63, 3.8) is 0 Å². The second-order valence-corrected chi connectivity index (χ2v) is 5.15. The maximum Gasteiger partial charge on any atom is 0.128 e. The van der Waals surface area contributed by atoms with Crippen molar-refractivity contribution in [3.05, 3.63) is 35.9 Å². The predicted octanol–water partition coefficient (Wildman–Crippen LogP) is 1.77. The zero-order valence-corrected chi connectivity index (χ0v) is 10.9. The van der Waals surface area contributed by atoms with Gasteiger partial charge in [-0.3, -0.25) is 4.90 Å². The first kappa shape index (κ1) is 12.4. The molecule has 3 rings (SSSR count). The van der Waals surface area contributed by atoms with Crippen molar-refractivity contribution in [3.8, 4) is 0 Å². The van der Waals surface area contributed by atoms with Crippen LogP contribution in [-0.2, 0) is 6.54 Å². The summed E-state index contributed by atoms with van der Waals surface area (Å²) >= 11 is 0. The van der Waals surface area contributed by atoms with Gasteiger partial charge in [0.2, 0.25) is 0 Å².